The molecule has 1 aromatic carbocycles. The van der Waals surface area contributed by atoms with Gasteiger partial charge in [0.15, 0.2) is 5.78 Å². The maximum atomic E-state index is 12.9. The van der Waals surface area contributed by atoms with Gasteiger partial charge in [-0.05, 0) is 25.8 Å². The minimum atomic E-state index is -0.253. The second-order valence-electron chi connectivity index (χ2n) is 7.20. The fourth-order valence-corrected chi connectivity index (χ4v) is 4.02. The van der Waals surface area contributed by atoms with Gasteiger partial charge in [-0.3, -0.25) is 14.5 Å². The third kappa shape index (κ3) is 3.27. The number of Topliss-reactive ketones (excluding diaryl/α,β-unsaturated/α-hetero) is 1. The van der Waals surface area contributed by atoms with Crippen molar-refractivity contribution in [3.8, 4) is 0 Å². The third-order valence-electron chi connectivity index (χ3n) is 5.43. The molecular formula is C20H25N3O3. The number of ether oxygens (including phenoxy) is 1. The van der Waals surface area contributed by atoms with Crippen LogP contribution < -0.4 is 0 Å². The van der Waals surface area contributed by atoms with Crippen LogP contribution in [0.4, 0.5) is 0 Å². The molecule has 2 aromatic rings. The number of aromatic nitrogens is 1. The first-order chi connectivity index (χ1) is 12.6. The van der Waals surface area contributed by atoms with Gasteiger partial charge in [-0.25, -0.2) is 0 Å². The fourth-order valence-electron chi connectivity index (χ4n) is 4.02. The molecule has 1 N–H and O–H groups in total. The molecule has 2 aliphatic rings. The molecule has 4 rings (SSSR count). The summed E-state index contributed by atoms with van der Waals surface area (Å²) >= 11 is 0. The Bertz CT molecular complexity index is 815. The zero-order valence-electron chi connectivity index (χ0n) is 15.2. The van der Waals surface area contributed by atoms with Crippen LogP contribution in [0.25, 0.3) is 10.9 Å². The summed E-state index contributed by atoms with van der Waals surface area (Å²) in [6, 6.07) is 7.91. The summed E-state index contributed by atoms with van der Waals surface area (Å²) < 4.78 is 5.50. The number of carbonyl (C=O) groups excluding carboxylic acids is 2. The van der Waals surface area contributed by atoms with Gasteiger partial charge < -0.3 is 14.6 Å². The summed E-state index contributed by atoms with van der Waals surface area (Å²) in [5.41, 5.74) is 2.71. The monoisotopic (exact) mass is 355 g/mol. The number of ketones is 1. The Morgan fingerprint density at radius 2 is 1.96 bits per heavy atom. The van der Waals surface area contributed by atoms with Crippen LogP contribution in [0, 0.1) is 6.92 Å². The first-order valence-corrected chi connectivity index (χ1v) is 9.37. The van der Waals surface area contributed by atoms with E-state index in [9.17, 15) is 9.59 Å². The van der Waals surface area contributed by atoms with Crippen LogP contribution in [0.2, 0.25) is 0 Å². The number of aryl methyl sites for hydroxylation is 1. The third-order valence-corrected chi connectivity index (χ3v) is 5.43. The second kappa shape index (κ2) is 7.21. The number of hydrogen-bond donors (Lipinski definition) is 1. The van der Waals surface area contributed by atoms with Gasteiger partial charge in [0.25, 0.3) is 5.91 Å². The van der Waals surface area contributed by atoms with E-state index in [1.165, 1.54) is 0 Å². The number of rotatable bonds is 4. The number of hydrogen-bond acceptors (Lipinski definition) is 4. The van der Waals surface area contributed by atoms with Gasteiger partial charge in [0.1, 0.15) is 6.10 Å². The first-order valence-electron chi connectivity index (χ1n) is 9.37. The standard InChI is InChI=1S/C20H25N3O3/c1-14-19(15-5-2-3-6-16(15)21-14)17(24)13-22-8-10-23(11-9-22)20(25)18-7-4-12-26-18/h2-3,5-6,18,21H,4,7-13H2,1H3. The SMILES string of the molecule is Cc1[nH]c2ccccc2c1C(=O)CN1CCN(C(=O)C2CCCO2)CC1. The summed E-state index contributed by atoms with van der Waals surface area (Å²) in [5, 5.41) is 0.988. The molecule has 0 radical (unpaired) electrons. The summed E-state index contributed by atoms with van der Waals surface area (Å²) in [6.07, 6.45) is 1.55. The number of benzene rings is 1. The Morgan fingerprint density at radius 3 is 2.69 bits per heavy atom. The number of carbonyl (C=O) groups is 2. The Labute approximate surface area is 153 Å². The van der Waals surface area contributed by atoms with Crippen LogP contribution in [-0.2, 0) is 9.53 Å². The number of para-hydroxylation sites is 1. The predicted molar refractivity (Wildman–Crippen MR) is 99.4 cm³/mol. The van der Waals surface area contributed by atoms with Gasteiger partial charge in [0, 0.05) is 54.9 Å². The Balaban J connectivity index is 1.37. The van der Waals surface area contributed by atoms with Crippen LogP contribution in [0.15, 0.2) is 24.3 Å². The number of H-pyrrole nitrogens is 1. The van der Waals surface area contributed by atoms with Crippen LogP contribution >= 0.6 is 0 Å². The number of aromatic amines is 1. The molecule has 2 fully saturated rings. The van der Waals surface area contributed by atoms with Crippen molar-refractivity contribution in [3.63, 3.8) is 0 Å². The second-order valence-corrected chi connectivity index (χ2v) is 7.20. The molecule has 2 saturated heterocycles. The molecule has 1 aromatic heterocycles. The van der Waals surface area contributed by atoms with Gasteiger partial charge in [-0.1, -0.05) is 18.2 Å². The lowest BCUT2D eigenvalue weighted by molar-refractivity contribution is -0.142. The molecule has 6 heteroatoms. The molecule has 1 atom stereocenters. The van der Waals surface area contributed by atoms with E-state index in [-0.39, 0.29) is 17.8 Å². The van der Waals surface area contributed by atoms with E-state index in [1.807, 2.05) is 36.1 Å². The van der Waals surface area contributed by atoms with Crippen molar-refractivity contribution in [2.45, 2.75) is 25.9 Å². The molecule has 0 spiro atoms. The van der Waals surface area contributed by atoms with Crippen molar-refractivity contribution in [2.24, 2.45) is 0 Å². The van der Waals surface area contributed by atoms with Crippen LogP contribution in [0.5, 0.6) is 0 Å². The maximum absolute atomic E-state index is 12.9. The van der Waals surface area contributed by atoms with Crippen LogP contribution in [0.1, 0.15) is 28.9 Å². The van der Waals surface area contributed by atoms with Crippen molar-refractivity contribution >= 4 is 22.6 Å². The van der Waals surface area contributed by atoms with E-state index >= 15 is 0 Å². The molecule has 1 amide bonds. The van der Waals surface area contributed by atoms with E-state index in [0.29, 0.717) is 26.2 Å². The normalized spacial score (nSPS) is 21.4. The number of amides is 1. The molecule has 1 unspecified atom stereocenters. The van der Waals surface area contributed by atoms with Gasteiger partial charge >= 0.3 is 0 Å². The molecule has 26 heavy (non-hydrogen) atoms. The van der Waals surface area contributed by atoms with Crippen molar-refractivity contribution < 1.29 is 14.3 Å². The van der Waals surface area contributed by atoms with E-state index < -0.39 is 0 Å². The molecule has 0 aliphatic carbocycles. The molecular weight excluding hydrogens is 330 g/mol. The summed E-state index contributed by atoms with van der Waals surface area (Å²) in [7, 11) is 0. The van der Waals surface area contributed by atoms with E-state index in [2.05, 4.69) is 9.88 Å². The molecule has 138 valence electrons. The summed E-state index contributed by atoms with van der Waals surface area (Å²) in [5.74, 6) is 0.250. The van der Waals surface area contributed by atoms with Crippen molar-refractivity contribution in [2.75, 3.05) is 39.3 Å². The lowest BCUT2D eigenvalue weighted by Crippen LogP contribution is -2.52. The quantitative estimate of drug-likeness (QED) is 0.852. The van der Waals surface area contributed by atoms with Gasteiger partial charge in [-0.15, -0.1) is 0 Å². The molecule has 6 nitrogen and oxygen atoms in total. The van der Waals surface area contributed by atoms with Gasteiger partial charge in [-0.2, -0.15) is 0 Å². The lowest BCUT2D eigenvalue weighted by atomic mass is 10.1. The molecule has 0 bridgehead atoms. The largest absolute Gasteiger partial charge is 0.368 e. The molecule has 2 aliphatic heterocycles. The first kappa shape index (κ1) is 17.2. The summed E-state index contributed by atoms with van der Waals surface area (Å²) in [6.45, 7) is 5.82. The average Bonchev–Trinajstić information content (AvgIpc) is 3.28. The van der Waals surface area contributed by atoms with Crippen LogP contribution in [-0.4, -0.2) is 71.9 Å². The smallest absolute Gasteiger partial charge is 0.251 e. The average molecular weight is 355 g/mol. The number of fused-ring (bicyclic) bond motifs is 1. The molecule has 3 heterocycles. The minimum absolute atomic E-state index is 0.112. The Hall–Kier alpha value is -2.18. The summed E-state index contributed by atoms with van der Waals surface area (Å²) in [4.78, 5) is 32.6. The number of nitrogens with one attached hydrogen (secondary N) is 1. The van der Waals surface area contributed by atoms with E-state index in [0.717, 1.165) is 48.1 Å². The van der Waals surface area contributed by atoms with Crippen molar-refractivity contribution in [1.82, 2.24) is 14.8 Å². The number of nitrogens with zero attached hydrogens (tertiary/aromatic N) is 2. The van der Waals surface area contributed by atoms with E-state index in [1.54, 1.807) is 0 Å². The number of piperazine rings is 1. The van der Waals surface area contributed by atoms with E-state index in [4.69, 9.17) is 4.74 Å². The lowest BCUT2D eigenvalue weighted by Gasteiger charge is -2.35. The fraction of sp³-hybridized carbons (Fsp3) is 0.500. The van der Waals surface area contributed by atoms with Gasteiger partial charge in [0.2, 0.25) is 0 Å². The highest BCUT2D eigenvalue weighted by Gasteiger charge is 2.31. The zero-order chi connectivity index (χ0) is 18.1. The predicted octanol–water partition coefficient (Wildman–Crippen LogP) is 1.98. The highest BCUT2D eigenvalue weighted by molar-refractivity contribution is 6.10. The topological polar surface area (TPSA) is 65.6 Å². The Morgan fingerprint density at radius 1 is 1.19 bits per heavy atom. The van der Waals surface area contributed by atoms with Crippen molar-refractivity contribution in [3.05, 3.63) is 35.5 Å². The zero-order valence-corrected chi connectivity index (χ0v) is 15.2. The Kier molecular flexibility index (Phi) is 4.78. The van der Waals surface area contributed by atoms with Crippen molar-refractivity contribution in [1.29, 1.82) is 0 Å². The van der Waals surface area contributed by atoms with Crippen LogP contribution in [0.3, 0.4) is 0 Å². The highest BCUT2D eigenvalue weighted by Crippen LogP contribution is 2.23. The van der Waals surface area contributed by atoms with Gasteiger partial charge in [0.05, 0.1) is 6.54 Å². The maximum Gasteiger partial charge on any atom is 0.251 e. The minimum Gasteiger partial charge on any atom is -0.368 e. The molecule has 0 saturated carbocycles. The highest BCUT2D eigenvalue weighted by atomic mass is 16.5.